The summed E-state index contributed by atoms with van der Waals surface area (Å²) in [6.45, 7) is 3.16. The first-order valence-corrected chi connectivity index (χ1v) is 9.35. The monoisotopic (exact) mass is 386 g/mol. The lowest BCUT2D eigenvalue weighted by atomic mass is 10.0. The van der Waals surface area contributed by atoms with Crippen LogP contribution in [0.1, 0.15) is 33.6 Å². The van der Waals surface area contributed by atoms with Crippen LogP contribution in [0.15, 0.2) is 18.2 Å². The van der Waals surface area contributed by atoms with Crippen LogP contribution in [0.4, 0.5) is 0 Å². The first-order chi connectivity index (χ1) is 13.5. The number of nitrogens with one attached hydrogen (secondary N) is 2. The van der Waals surface area contributed by atoms with Crippen molar-refractivity contribution in [2.24, 2.45) is 0 Å². The summed E-state index contributed by atoms with van der Waals surface area (Å²) in [4.78, 5) is 52.0. The van der Waals surface area contributed by atoms with Crippen LogP contribution >= 0.6 is 0 Å². The van der Waals surface area contributed by atoms with Gasteiger partial charge in [-0.2, -0.15) is 0 Å². The number of ether oxygens (including phenoxy) is 1. The molecule has 0 spiro atoms. The predicted molar refractivity (Wildman–Crippen MR) is 97.9 cm³/mol. The normalized spacial score (nSPS) is 22.4. The predicted octanol–water partition coefficient (Wildman–Crippen LogP) is -0.630. The van der Waals surface area contributed by atoms with Gasteiger partial charge in [0.1, 0.15) is 18.4 Å². The third kappa shape index (κ3) is 3.27. The first kappa shape index (κ1) is 18.6. The van der Waals surface area contributed by atoms with Crippen LogP contribution in [0.25, 0.3) is 0 Å². The molecule has 9 heteroatoms. The van der Waals surface area contributed by atoms with Gasteiger partial charge < -0.3 is 10.1 Å². The Hall–Kier alpha value is -2.78. The van der Waals surface area contributed by atoms with Gasteiger partial charge in [0.2, 0.25) is 11.8 Å². The third-order valence-corrected chi connectivity index (χ3v) is 5.51. The summed E-state index contributed by atoms with van der Waals surface area (Å²) in [7, 11) is 2.04. The minimum Gasteiger partial charge on any atom is -0.492 e. The van der Waals surface area contributed by atoms with E-state index in [9.17, 15) is 19.2 Å². The Balaban J connectivity index is 1.43. The van der Waals surface area contributed by atoms with E-state index in [0.29, 0.717) is 18.4 Å². The SMILES string of the molecule is CN(CCOc1ccc2c(c1)C(=O)N(C1CCC(=O)NC1=O)C2=O)C1CNC1. The fourth-order valence-corrected chi connectivity index (χ4v) is 3.62. The average molecular weight is 386 g/mol. The Morgan fingerprint density at radius 1 is 1.14 bits per heavy atom. The van der Waals surface area contributed by atoms with Crippen LogP contribution in [0.2, 0.25) is 0 Å². The van der Waals surface area contributed by atoms with E-state index in [0.717, 1.165) is 24.5 Å². The van der Waals surface area contributed by atoms with Gasteiger partial charge in [-0.1, -0.05) is 0 Å². The lowest BCUT2D eigenvalue weighted by Gasteiger charge is -2.35. The van der Waals surface area contributed by atoms with Crippen LogP contribution in [0, 0.1) is 0 Å². The van der Waals surface area contributed by atoms with Crippen LogP contribution < -0.4 is 15.4 Å². The van der Waals surface area contributed by atoms with E-state index in [1.165, 1.54) is 0 Å². The lowest BCUT2D eigenvalue weighted by Crippen LogP contribution is -2.56. The molecule has 28 heavy (non-hydrogen) atoms. The van der Waals surface area contributed by atoms with Gasteiger partial charge in [0.05, 0.1) is 11.1 Å². The quantitative estimate of drug-likeness (QED) is 0.627. The largest absolute Gasteiger partial charge is 0.492 e. The molecule has 4 rings (SSSR count). The number of hydrogen-bond acceptors (Lipinski definition) is 7. The number of carbonyl (C=O) groups excluding carboxylic acids is 4. The number of hydrogen-bond donors (Lipinski definition) is 2. The average Bonchev–Trinajstić information content (AvgIpc) is 2.85. The molecule has 0 saturated carbocycles. The van der Waals surface area contributed by atoms with Crippen LogP contribution in [-0.4, -0.2) is 78.8 Å². The molecule has 0 bridgehead atoms. The highest BCUT2D eigenvalue weighted by Gasteiger charge is 2.44. The van der Waals surface area contributed by atoms with Crippen LogP contribution in [0.3, 0.4) is 0 Å². The maximum absolute atomic E-state index is 12.8. The van der Waals surface area contributed by atoms with E-state index in [-0.39, 0.29) is 24.0 Å². The number of piperidine rings is 1. The molecule has 1 aromatic rings. The van der Waals surface area contributed by atoms with E-state index in [1.54, 1.807) is 18.2 Å². The zero-order chi connectivity index (χ0) is 19.8. The number of benzene rings is 1. The summed E-state index contributed by atoms with van der Waals surface area (Å²) < 4.78 is 5.75. The Bertz CT molecular complexity index is 851. The van der Waals surface area contributed by atoms with Gasteiger partial charge in [0.25, 0.3) is 11.8 Å². The molecule has 1 unspecified atom stereocenters. The summed E-state index contributed by atoms with van der Waals surface area (Å²) in [5.41, 5.74) is 0.475. The van der Waals surface area contributed by atoms with Crippen LogP contribution in [0.5, 0.6) is 5.75 Å². The first-order valence-electron chi connectivity index (χ1n) is 9.35. The van der Waals surface area contributed by atoms with E-state index in [1.807, 2.05) is 7.05 Å². The van der Waals surface area contributed by atoms with E-state index >= 15 is 0 Å². The molecule has 3 aliphatic rings. The molecule has 1 aromatic carbocycles. The maximum Gasteiger partial charge on any atom is 0.262 e. The zero-order valence-corrected chi connectivity index (χ0v) is 15.6. The van der Waals surface area contributed by atoms with Crippen molar-refractivity contribution >= 4 is 23.6 Å². The van der Waals surface area contributed by atoms with Crippen molar-refractivity contribution in [3.05, 3.63) is 29.3 Å². The van der Waals surface area contributed by atoms with Crippen molar-refractivity contribution in [1.82, 2.24) is 20.4 Å². The Morgan fingerprint density at radius 3 is 2.57 bits per heavy atom. The summed E-state index contributed by atoms with van der Waals surface area (Å²) >= 11 is 0. The molecule has 3 aliphatic heterocycles. The number of nitrogens with zero attached hydrogens (tertiary/aromatic N) is 2. The molecule has 3 heterocycles. The second kappa shape index (κ2) is 7.33. The summed E-state index contributed by atoms with van der Waals surface area (Å²) in [6.07, 6.45) is 0.240. The zero-order valence-electron chi connectivity index (χ0n) is 15.6. The molecule has 148 valence electrons. The number of imide groups is 2. The fourth-order valence-electron chi connectivity index (χ4n) is 3.62. The van der Waals surface area contributed by atoms with Crippen molar-refractivity contribution in [1.29, 1.82) is 0 Å². The summed E-state index contributed by atoms with van der Waals surface area (Å²) in [6, 6.07) is 4.31. The Morgan fingerprint density at radius 2 is 1.89 bits per heavy atom. The molecule has 0 radical (unpaired) electrons. The van der Waals surface area contributed by atoms with Gasteiger partial charge in [0, 0.05) is 32.1 Å². The number of rotatable bonds is 6. The number of likely N-dealkylation sites (N-methyl/N-ethyl adjacent to an activating group) is 1. The van der Waals surface area contributed by atoms with Crippen molar-refractivity contribution in [3.63, 3.8) is 0 Å². The Kier molecular flexibility index (Phi) is 4.86. The highest BCUT2D eigenvalue weighted by atomic mass is 16.5. The molecule has 9 nitrogen and oxygen atoms in total. The molecule has 2 fully saturated rings. The van der Waals surface area contributed by atoms with E-state index < -0.39 is 29.7 Å². The van der Waals surface area contributed by atoms with Gasteiger partial charge in [-0.15, -0.1) is 0 Å². The van der Waals surface area contributed by atoms with Gasteiger partial charge >= 0.3 is 0 Å². The molecule has 0 aromatic heterocycles. The number of amides is 4. The van der Waals surface area contributed by atoms with Gasteiger partial charge in [-0.05, 0) is 31.7 Å². The number of carbonyl (C=O) groups is 4. The van der Waals surface area contributed by atoms with Crippen molar-refractivity contribution in [2.75, 3.05) is 33.3 Å². The van der Waals surface area contributed by atoms with E-state index in [2.05, 4.69) is 15.5 Å². The molecule has 2 N–H and O–H groups in total. The maximum atomic E-state index is 12.8. The fraction of sp³-hybridized carbons (Fsp3) is 0.474. The third-order valence-electron chi connectivity index (χ3n) is 5.51. The van der Waals surface area contributed by atoms with Crippen molar-refractivity contribution in [3.8, 4) is 5.75 Å². The van der Waals surface area contributed by atoms with Gasteiger partial charge in [0.15, 0.2) is 0 Å². The molecule has 2 saturated heterocycles. The van der Waals surface area contributed by atoms with E-state index in [4.69, 9.17) is 4.74 Å². The molecular weight excluding hydrogens is 364 g/mol. The minimum absolute atomic E-state index is 0.0994. The highest BCUT2D eigenvalue weighted by molar-refractivity contribution is 6.23. The molecule has 4 amide bonds. The molecular formula is C19H22N4O5. The molecule has 1 atom stereocenters. The topological polar surface area (TPSA) is 108 Å². The smallest absolute Gasteiger partial charge is 0.262 e. The van der Waals surface area contributed by atoms with Gasteiger partial charge in [-0.25, -0.2) is 0 Å². The standard InChI is InChI=1S/C19H22N4O5/c1-22(11-9-20-10-11)6-7-28-12-2-3-13-14(8-12)19(27)23(18(13)26)15-4-5-16(24)21-17(15)25/h2-3,8,11,15,20H,4-7,9-10H2,1H3,(H,21,24,25). The van der Waals surface area contributed by atoms with Gasteiger partial charge in [-0.3, -0.25) is 34.3 Å². The number of fused-ring (bicyclic) bond motifs is 1. The second-order valence-electron chi connectivity index (χ2n) is 7.30. The summed E-state index contributed by atoms with van der Waals surface area (Å²) in [5.74, 6) is -1.55. The Labute approximate surface area is 162 Å². The summed E-state index contributed by atoms with van der Waals surface area (Å²) in [5, 5.41) is 5.41. The molecule has 0 aliphatic carbocycles. The van der Waals surface area contributed by atoms with Crippen molar-refractivity contribution < 1.29 is 23.9 Å². The minimum atomic E-state index is -0.959. The lowest BCUT2D eigenvalue weighted by molar-refractivity contribution is -0.136. The second-order valence-corrected chi connectivity index (χ2v) is 7.30. The van der Waals surface area contributed by atoms with Crippen LogP contribution in [-0.2, 0) is 9.59 Å². The van der Waals surface area contributed by atoms with Crippen molar-refractivity contribution in [2.45, 2.75) is 24.9 Å². The highest BCUT2D eigenvalue weighted by Crippen LogP contribution is 2.30.